The van der Waals surface area contributed by atoms with Crippen LogP contribution in [0.4, 0.5) is 0 Å². The van der Waals surface area contributed by atoms with Crippen LogP contribution in [0.3, 0.4) is 0 Å². The van der Waals surface area contributed by atoms with E-state index in [4.69, 9.17) is 4.74 Å². The number of carbonyl (C=O) groups excluding carboxylic acids is 3. The summed E-state index contributed by atoms with van der Waals surface area (Å²) in [6.07, 6.45) is 6.28. The van der Waals surface area contributed by atoms with Gasteiger partial charge in [-0.05, 0) is 55.0 Å². The van der Waals surface area contributed by atoms with Crippen molar-refractivity contribution in [3.05, 3.63) is 65.2 Å². The van der Waals surface area contributed by atoms with Gasteiger partial charge in [-0.2, -0.15) is 0 Å². The molecule has 7 heteroatoms. The molecule has 1 saturated heterocycles. The third kappa shape index (κ3) is 4.85. The number of hydrogen-bond donors (Lipinski definition) is 2. The van der Waals surface area contributed by atoms with E-state index in [9.17, 15) is 14.4 Å². The standard InChI is InChI=1S/C27H31N3O4/c31-25-14-13-23(26(32)29-25)30-17-19-15-20(11-12-21(19)27(30)33)34-24-10-6-2-5-9-22(24)28-16-18-7-3-1-4-8-18/h1,3-4,7-8,11-12,15,22-24,28H,2,5-6,9-10,13-14,16-17H2,(H,29,31,32). The van der Waals surface area contributed by atoms with Crippen LogP contribution in [-0.4, -0.2) is 40.8 Å². The fourth-order valence-corrected chi connectivity index (χ4v) is 5.29. The van der Waals surface area contributed by atoms with Crippen molar-refractivity contribution in [3.8, 4) is 5.75 Å². The first-order valence-corrected chi connectivity index (χ1v) is 12.3. The van der Waals surface area contributed by atoms with Crippen molar-refractivity contribution in [2.45, 2.75) is 76.2 Å². The molecule has 3 aliphatic rings. The highest BCUT2D eigenvalue weighted by Gasteiger charge is 2.39. The van der Waals surface area contributed by atoms with E-state index in [1.165, 1.54) is 18.4 Å². The number of imide groups is 1. The highest BCUT2D eigenvalue weighted by molar-refractivity contribution is 6.05. The summed E-state index contributed by atoms with van der Waals surface area (Å²) in [5.41, 5.74) is 2.74. The summed E-state index contributed by atoms with van der Waals surface area (Å²) >= 11 is 0. The number of amides is 3. The SMILES string of the molecule is O=C1CCC(N2Cc3cc(OC4CCCCCC4NCc4ccccc4)ccc3C2=O)C(=O)N1. The summed E-state index contributed by atoms with van der Waals surface area (Å²) in [5, 5.41) is 6.06. The predicted octanol–water partition coefficient (Wildman–Crippen LogP) is 3.32. The van der Waals surface area contributed by atoms with Gasteiger partial charge >= 0.3 is 0 Å². The van der Waals surface area contributed by atoms with Crippen molar-refractivity contribution >= 4 is 17.7 Å². The fourth-order valence-electron chi connectivity index (χ4n) is 5.29. The first-order valence-electron chi connectivity index (χ1n) is 12.3. The second-order valence-electron chi connectivity index (χ2n) is 9.49. The number of piperidine rings is 1. The number of benzene rings is 2. The van der Waals surface area contributed by atoms with Gasteiger partial charge in [-0.3, -0.25) is 19.7 Å². The maximum Gasteiger partial charge on any atom is 0.255 e. The lowest BCUT2D eigenvalue weighted by Crippen LogP contribution is -2.52. The molecule has 5 rings (SSSR count). The van der Waals surface area contributed by atoms with E-state index in [0.717, 1.165) is 37.1 Å². The van der Waals surface area contributed by atoms with Gasteiger partial charge in [0.2, 0.25) is 11.8 Å². The van der Waals surface area contributed by atoms with E-state index in [1.807, 2.05) is 24.3 Å². The monoisotopic (exact) mass is 461 g/mol. The number of nitrogens with one attached hydrogen (secondary N) is 2. The Balaban J connectivity index is 1.27. The van der Waals surface area contributed by atoms with Crippen molar-refractivity contribution < 1.29 is 19.1 Å². The number of carbonyl (C=O) groups is 3. The second kappa shape index (κ2) is 9.97. The van der Waals surface area contributed by atoms with Crippen LogP contribution in [0.15, 0.2) is 48.5 Å². The van der Waals surface area contributed by atoms with Crippen LogP contribution >= 0.6 is 0 Å². The molecule has 3 atom stereocenters. The second-order valence-corrected chi connectivity index (χ2v) is 9.49. The van der Waals surface area contributed by atoms with Gasteiger partial charge in [-0.25, -0.2) is 0 Å². The highest BCUT2D eigenvalue weighted by atomic mass is 16.5. The smallest absolute Gasteiger partial charge is 0.255 e. The quantitative estimate of drug-likeness (QED) is 0.509. The Bertz CT molecular complexity index is 1070. The Morgan fingerprint density at radius 1 is 0.971 bits per heavy atom. The maximum atomic E-state index is 13.0. The Kier molecular flexibility index (Phi) is 6.63. The molecule has 2 fully saturated rings. The van der Waals surface area contributed by atoms with E-state index < -0.39 is 6.04 Å². The van der Waals surface area contributed by atoms with E-state index in [-0.39, 0.29) is 36.3 Å². The molecule has 7 nitrogen and oxygen atoms in total. The van der Waals surface area contributed by atoms with Crippen LogP contribution in [0.5, 0.6) is 5.75 Å². The fraction of sp³-hybridized carbons (Fsp3) is 0.444. The molecule has 2 aliphatic heterocycles. The van der Waals surface area contributed by atoms with E-state index in [1.54, 1.807) is 4.90 Å². The Morgan fingerprint density at radius 2 is 1.79 bits per heavy atom. The summed E-state index contributed by atoms with van der Waals surface area (Å²) in [6.45, 7) is 1.17. The van der Waals surface area contributed by atoms with Crippen molar-refractivity contribution in [1.82, 2.24) is 15.5 Å². The van der Waals surface area contributed by atoms with Crippen molar-refractivity contribution in [2.24, 2.45) is 0 Å². The number of hydrogen-bond acceptors (Lipinski definition) is 5. The predicted molar refractivity (Wildman–Crippen MR) is 127 cm³/mol. The lowest BCUT2D eigenvalue weighted by molar-refractivity contribution is -0.136. The van der Waals surface area contributed by atoms with Crippen LogP contribution in [0.25, 0.3) is 0 Å². The minimum absolute atomic E-state index is 0.0626. The Morgan fingerprint density at radius 3 is 2.62 bits per heavy atom. The Hall–Kier alpha value is -3.19. The normalized spacial score (nSPS) is 25.0. The summed E-state index contributed by atoms with van der Waals surface area (Å²) in [4.78, 5) is 38.3. The van der Waals surface area contributed by atoms with Crippen LogP contribution in [0.1, 0.15) is 66.4 Å². The van der Waals surface area contributed by atoms with Crippen LogP contribution in [0.2, 0.25) is 0 Å². The first kappa shape index (κ1) is 22.6. The van der Waals surface area contributed by atoms with Gasteiger partial charge in [0.05, 0.1) is 0 Å². The van der Waals surface area contributed by atoms with Crippen molar-refractivity contribution in [2.75, 3.05) is 0 Å². The largest absolute Gasteiger partial charge is 0.489 e. The molecule has 2 aromatic carbocycles. The van der Waals surface area contributed by atoms with Crippen LogP contribution < -0.4 is 15.4 Å². The third-order valence-electron chi connectivity index (χ3n) is 7.15. The highest BCUT2D eigenvalue weighted by Crippen LogP contribution is 2.31. The zero-order valence-corrected chi connectivity index (χ0v) is 19.3. The number of nitrogens with zero attached hydrogens (tertiary/aromatic N) is 1. The number of ether oxygens (including phenoxy) is 1. The summed E-state index contributed by atoms with van der Waals surface area (Å²) in [7, 11) is 0. The molecular weight excluding hydrogens is 430 g/mol. The van der Waals surface area contributed by atoms with Gasteiger partial charge in [0, 0.05) is 31.1 Å². The zero-order valence-electron chi connectivity index (χ0n) is 19.3. The Labute approximate surface area is 199 Å². The average molecular weight is 462 g/mol. The molecule has 1 aliphatic carbocycles. The number of rotatable bonds is 6. The first-order chi connectivity index (χ1) is 16.6. The molecular formula is C27H31N3O4. The van der Waals surface area contributed by atoms with Gasteiger partial charge in [-0.1, -0.05) is 43.2 Å². The molecule has 0 radical (unpaired) electrons. The molecule has 3 amide bonds. The summed E-state index contributed by atoms with van der Waals surface area (Å²) < 4.78 is 6.50. The summed E-state index contributed by atoms with van der Waals surface area (Å²) in [5.74, 6) is -0.0670. The van der Waals surface area contributed by atoms with E-state index in [2.05, 4.69) is 34.9 Å². The minimum Gasteiger partial charge on any atom is -0.489 e. The van der Waals surface area contributed by atoms with Gasteiger partial charge in [0.1, 0.15) is 17.9 Å². The molecule has 0 spiro atoms. The van der Waals surface area contributed by atoms with Gasteiger partial charge < -0.3 is 15.0 Å². The van der Waals surface area contributed by atoms with E-state index >= 15 is 0 Å². The summed E-state index contributed by atoms with van der Waals surface area (Å²) in [6, 6.07) is 15.7. The van der Waals surface area contributed by atoms with Crippen molar-refractivity contribution in [1.29, 1.82) is 0 Å². The van der Waals surface area contributed by atoms with Crippen LogP contribution in [-0.2, 0) is 22.7 Å². The van der Waals surface area contributed by atoms with Gasteiger partial charge in [0.15, 0.2) is 0 Å². The molecule has 2 N–H and O–H groups in total. The van der Waals surface area contributed by atoms with E-state index in [0.29, 0.717) is 18.5 Å². The molecule has 1 saturated carbocycles. The molecule has 0 bridgehead atoms. The van der Waals surface area contributed by atoms with Crippen LogP contribution in [0, 0.1) is 0 Å². The lowest BCUT2D eigenvalue weighted by Gasteiger charge is -2.29. The molecule has 3 unspecified atom stereocenters. The zero-order chi connectivity index (χ0) is 23.5. The van der Waals surface area contributed by atoms with Gasteiger partial charge in [-0.15, -0.1) is 0 Å². The molecule has 2 aromatic rings. The molecule has 34 heavy (non-hydrogen) atoms. The topological polar surface area (TPSA) is 87.7 Å². The minimum atomic E-state index is -0.601. The average Bonchev–Trinajstić information content (AvgIpc) is 3.00. The lowest BCUT2D eigenvalue weighted by atomic mass is 10.0. The van der Waals surface area contributed by atoms with Crippen molar-refractivity contribution in [3.63, 3.8) is 0 Å². The molecule has 178 valence electrons. The van der Waals surface area contributed by atoms with Gasteiger partial charge in [0.25, 0.3) is 5.91 Å². The molecule has 0 aromatic heterocycles. The third-order valence-corrected chi connectivity index (χ3v) is 7.15. The molecule has 2 heterocycles. The maximum absolute atomic E-state index is 13.0. The number of fused-ring (bicyclic) bond motifs is 1.